The number of nitro benzene ring substituents is 1. The van der Waals surface area contributed by atoms with Crippen LogP contribution in [0.1, 0.15) is 21.5 Å². The van der Waals surface area contributed by atoms with Crippen molar-refractivity contribution >= 4 is 17.6 Å². The molecule has 25 heavy (non-hydrogen) atoms. The number of benzene rings is 2. The maximum atomic E-state index is 12.0. The standard InChI is InChI=1S/C18H16N2O5/c1-2-17(21)19-11-13-6-8-15(9-7-13)18(22)25-12-14-4-3-5-16(10-14)20(23)24/h2-10H,1,11-12H2,(H,19,21). The summed E-state index contributed by atoms with van der Waals surface area (Å²) in [4.78, 5) is 33.3. The Morgan fingerprint density at radius 1 is 1.16 bits per heavy atom. The second-order valence-corrected chi connectivity index (χ2v) is 5.12. The predicted octanol–water partition coefficient (Wildman–Crippen LogP) is 2.75. The molecule has 0 saturated heterocycles. The first kappa shape index (κ1) is 17.9. The molecule has 0 unspecified atom stereocenters. The van der Waals surface area contributed by atoms with Crippen molar-refractivity contribution in [2.75, 3.05) is 0 Å². The zero-order chi connectivity index (χ0) is 18.2. The number of esters is 1. The number of hydrogen-bond acceptors (Lipinski definition) is 5. The third-order valence-electron chi connectivity index (χ3n) is 3.33. The third kappa shape index (κ3) is 5.28. The molecule has 0 spiro atoms. The molecule has 0 radical (unpaired) electrons. The second-order valence-electron chi connectivity index (χ2n) is 5.12. The summed E-state index contributed by atoms with van der Waals surface area (Å²) < 4.78 is 5.16. The highest BCUT2D eigenvalue weighted by Crippen LogP contribution is 2.14. The molecule has 1 amide bonds. The van der Waals surface area contributed by atoms with Crippen LogP contribution in [0, 0.1) is 10.1 Å². The summed E-state index contributed by atoms with van der Waals surface area (Å²) in [6.07, 6.45) is 1.18. The lowest BCUT2D eigenvalue weighted by molar-refractivity contribution is -0.384. The second kappa shape index (κ2) is 8.39. The molecule has 2 rings (SSSR count). The fourth-order valence-electron chi connectivity index (χ4n) is 2.01. The Kier molecular flexibility index (Phi) is 6.00. The van der Waals surface area contributed by atoms with Crippen LogP contribution >= 0.6 is 0 Å². The molecule has 128 valence electrons. The van der Waals surface area contributed by atoms with E-state index in [1.165, 1.54) is 24.3 Å². The van der Waals surface area contributed by atoms with Crippen LogP contribution in [0.15, 0.2) is 61.2 Å². The minimum absolute atomic E-state index is 0.0560. The van der Waals surface area contributed by atoms with Gasteiger partial charge in [0.05, 0.1) is 10.5 Å². The summed E-state index contributed by atoms with van der Waals surface area (Å²) >= 11 is 0. The number of amides is 1. The Morgan fingerprint density at radius 2 is 1.88 bits per heavy atom. The number of non-ortho nitro benzene ring substituents is 1. The maximum absolute atomic E-state index is 12.0. The average molecular weight is 340 g/mol. The summed E-state index contributed by atoms with van der Waals surface area (Å²) in [6.45, 7) is 3.63. The van der Waals surface area contributed by atoms with Crippen molar-refractivity contribution in [1.82, 2.24) is 5.32 Å². The van der Waals surface area contributed by atoms with Gasteiger partial charge in [-0.3, -0.25) is 14.9 Å². The SMILES string of the molecule is C=CC(=O)NCc1ccc(C(=O)OCc2cccc([N+](=O)[O-])c2)cc1. The number of rotatable bonds is 7. The first-order valence-corrected chi connectivity index (χ1v) is 7.39. The fourth-order valence-corrected chi connectivity index (χ4v) is 2.01. The van der Waals surface area contributed by atoms with Gasteiger partial charge in [-0.25, -0.2) is 4.79 Å². The van der Waals surface area contributed by atoms with Crippen LogP contribution in [0.3, 0.4) is 0 Å². The molecular formula is C18H16N2O5. The van der Waals surface area contributed by atoms with Crippen molar-refractivity contribution in [2.24, 2.45) is 0 Å². The van der Waals surface area contributed by atoms with Gasteiger partial charge in [0.2, 0.25) is 5.91 Å². The largest absolute Gasteiger partial charge is 0.457 e. The number of nitro groups is 1. The average Bonchev–Trinajstić information content (AvgIpc) is 2.64. The van der Waals surface area contributed by atoms with Crippen LogP contribution in [0.25, 0.3) is 0 Å². The fraction of sp³-hybridized carbons (Fsp3) is 0.111. The van der Waals surface area contributed by atoms with E-state index in [2.05, 4.69) is 11.9 Å². The van der Waals surface area contributed by atoms with Gasteiger partial charge >= 0.3 is 5.97 Å². The molecule has 0 heterocycles. The van der Waals surface area contributed by atoms with Crippen LogP contribution in [-0.2, 0) is 22.7 Å². The molecule has 0 aliphatic heterocycles. The lowest BCUT2D eigenvalue weighted by Crippen LogP contribution is -2.19. The van der Waals surface area contributed by atoms with Gasteiger partial charge in [0, 0.05) is 18.7 Å². The predicted molar refractivity (Wildman–Crippen MR) is 90.7 cm³/mol. The number of nitrogens with zero attached hydrogens (tertiary/aromatic N) is 1. The van der Waals surface area contributed by atoms with E-state index in [1.807, 2.05) is 0 Å². The highest BCUT2D eigenvalue weighted by Gasteiger charge is 2.10. The van der Waals surface area contributed by atoms with Crippen molar-refractivity contribution < 1.29 is 19.2 Å². The summed E-state index contributed by atoms with van der Waals surface area (Å²) in [6, 6.07) is 12.5. The van der Waals surface area contributed by atoms with Gasteiger partial charge in [0.15, 0.2) is 0 Å². The molecule has 0 aliphatic rings. The molecule has 0 bridgehead atoms. The zero-order valence-electron chi connectivity index (χ0n) is 13.3. The van der Waals surface area contributed by atoms with Crippen molar-refractivity contribution in [3.05, 3.63) is 88.0 Å². The van der Waals surface area contributed by atoms with Gasteiger partial charge in [-0.05, 0) is 29.3 Å². The van der Waals surface area contributed by atoms with E-state index in [0.717, 1.165) is 5.56 Å². The maximum Gasteiger partial charge on any atom is 0.338 e. The minimum atomic E-state index is -0.534. The molecule has 7 nitrogen and oxygen atoms in total. The first-order chi connectivity index (χ1) is 12.0. The van der Waals surface area contributed by atoms with Crippen molar-refractivity contribution in [2.45, 2.75) is 13.2 Å². The molecule has 7 heteroatoms. The molecule has 0 aliphatic carbocycles. The van der Waals surface area contributed by atoms with Gasteiger partial charge in [-0.15, -0.1) is 0 Å². The van der Waals surface area contributed by atoms with Gasteiger partial charge in [0.25, 0.3) is 5.69 Å². The summed E-state index contributed by atoms with van der Waals surface area (Å²) in [5.41, 5.74) is 1.65. The normalized spacial score (nSPS) is 9.92. The van der Waals surface area contributed by atoms with Crippen molar-refractivity contribution in [3.63, 3.8) is 0 Å². The highest BCUT2D eigenvalue weighted by molar-refractivity contribution is 5.89. The minimum Gasteiger partial charge on any atom is -0.457 e. The molecular weight excluding hydrogens is 324 g/mol. The summed E-state index contributed by atoms with van der Waals surface area (Å²) in [7, 11) is 0. The summed E-state index contributed by atoms with van der Waals surface area (Å²) in [5, 5.41) is 13.4. The van der Waals surface area contributed by atoms with Crippen LogP contribution in [0.5, 0.6) is 0 Å². The topological polar surface area (TPSA) is 98.5 Å². The monoisotopic (exact) mass is 340 g/mol. The van der Waals surface area contributed by atoms with Gasteiger partial charge < -0.3 is 10.1 Å². The molecule has 0 fully saturated rings. The number of ether oxygens (including phenoxy) is 1. The van der Waals surface area contributed by atoms with E-state index in [-0.39, 0.29) is 18.2 Å². The van der Waals surface area contributed by atoms with Gasteiger partial charge in [-0.1, -0.05) is 30.8 Å². The number of nitrogens with one attached hydrogen (secondary N) is 1. The van der Waals surface area contributed by atoms with Crippen LogP contribution in [-0.4, -0.2) is 16.8 Å². The van der Waals surface area contributed by atoms with E-state index in [9.17, 15) is 19.7 Å². The van der Waals surface area contributed by atoms with E-state index in [1.54, 1.807) is 30.3 Å². The number of carbonyl (C=O) groups is 2. The lowest BCUT2D eigenvalue weighted by atomic mass is 10.1. The highest BCUT2D eigenvalue weighted by atomic mass is 16.6. The zero-order valence-corrected chi connectivity index (χ0v) is 13.3. The Labute approximate surface area is 144 Å². The Bertz CT molecular complexity index is 799. The molecule has 1 N–H and O–H groups in total. The molecule has 2 aromatic carbocycles. The van der Waals surface area contributed by atoms with E-state index >= 15 is 0 Å². The number of hydrogen-bond donors (Lipinski definition) is 1. The third-order valence-corrected chi connectivity index (χ3v) is 3.33. The van der Waals surface area contributed by atoms with E-state index < -0.39 is 10.9 Å². The Balaban J connectivity index is 1.92. The van der Waals surface area contributed by atoms with Crippen LogP contribution in [0.2, 0.25) is 0 Å². The van der Waals surface area contributed by atoms with Gasteiger partial charge in [-0.2, -0.15) is 0 Å². The smallest absolute Gasteiger partial charge is 0.338 e. The van der Waals surface area contributed by atoms with Crippen LogP contribution < -0.4 is 5.32 Å². The van der Waals surface area contributed by atoms with E-state index in [4.69, 9.17) is 4.74 Å². The van der Waals surface area contributed by atoms with Crippen LogP contribution in [0.4, 0.5) is 5.69 Å². The lowest BCUT2D eigenvalue weighted by Gasteiger charge is -2.06. The first-order valence-electron chi connectivity index (χ1n) is 7.39. The summed E-state index contributed by atoms with van der Waals surface area (Å²) in [5.74, 6) is -0.811. The molecule has 0 atom stereocenters. The Morgan fingerprint density at radius 3 is 2.52 bits per heavy atom. The van der Waals surface area contributed by atoms with Crippen molar-refractivity contribution in [1.29, 1.82) is 0 Å². The van der Waals surface area contributed by atoms with Gasteiger partial charge in [0.1, 0.15) is 6.61 Å². The molecule has 2 aromatic rings. The molecule has 0 saturated carbocycles. The van der Waals surface area contributed by atoms with E-state index in [0.29, 0.717) is 17.7 Å². The number of carbonyl (C=O) groups excluding carboxylic acids is 2. The Hall–Kier alpha value is -3.48. The van der Waals surface area contributed by atoms with Crippen molar-refractivity contribution in [3.8, 4) is 0 Å². The molecule has 0 aromatic heterocycles. The quantitative estimate of drug-likeness (QED) is 0.362.